The van der Waals surface area contributed by atoms with Gasteiger partial charge in [0.15, 0.2) is 5.78 Å². The smallest absolute Gasteiger partial charge is 0.308 e. The summed E-state index contributed by atoms with van der Waals surface area (Å²) < 4.78 is 11.4. The lowest BCUT2D eigenvalue weighted by molar-refractivity contribution is -0.144. The molecule has 0 unspecified atom stereocenters. The van der Waals surface area contributed by atoms with Crippen molar-refractivity contribution in [1.29, 1.82) is 0 Å². The van der Waals surface area contributed by atoms with Crippen LogP contribution in [-0.2, 0) is 19.1 Å². The highest BCUT2D eigenvalue weighted by Crippen LogP contribution is 2.69. The van der Waals surface area contributed by atoms with Crippen molar-refractivity contribution < 1.29 is 19.1 Å². The molecule has 9 atom stereocenters. The average Bonchev–Trinajstić information content (AvgIpc) is 3.16. The van der Waals surface area contributed by atoms with Gasteiger partial charge in [-0.3, -0.25) is 9.59 Å². The average molecular weight is 401 g/mol. The zero-order valence-corrected chi connectivity index (χ0v) is 18.4. The summed E-state index contributed by atoms with van der Waals surface area (Å²) >= 11 is 0. The second kappa shape index (κ2) is 6.67. The van der Waals surface area contributed by atoms with Gasteiger partial charge in [0.05, 0.1) is 25.7 Å². The molecule has 3 saturated carbocycles. The molecule has 0 N–H and O–H groups in total. The number of ketones is 1. The fraction of sp³-hybridized carbons (Fsp3) is 0.840. The van der Waals surface area contributed by atoms with E-state index in [1.54, 1.807) is 0 Å². The van der Waals surface area contributed by atoms with Gasteiger partial charge >= 0.3 is 5.97 Å². The topological polar surface area (TPSA) is 52.6 Å². The van der Waals surface area contributed by atoms with Crippen LogP contribution in [0.1, 0.15) is 72.1 Å². The molecule has 29 heavy (non-hydrogen) atoms. The van der Waals surface area contributed by atoms with Crippen LogP contribution in [-0.4, -0.2) is 31.1 Å². The molecule has 1 saturated heterocycles. The molecule has 0 aromatic rings. The van der Waals surface area contributed by atoms with Crippen molar-refractivity contribution in [3.8, 4) is 0 Å². The molecule has 1 heterocycles. The van der Waals surface area contributed by atoms with Gasteiger partial charge in [-0.2, -0.15) is 0 Å². The molecule has 0 bridgehead atoms. The van der Waals surface area contributed by atoms with Crippen LogP contribution in [0.2, 0.25) is 0 Å². The third-order valence-electron chi connectivity index (χ3n) is 10.1. The highest BCUT2D eigenvalue weighted by molar-refractivity contribution is 5.91. The summed E-state index contributed by atoms with van der Waals surface area (Å²) in [4.78, 5) is 23.9. The van der Waals surface area contributed by atoms with Crippen LogP contribution in [0.15, 0.2) is 11.6 Å². The number of esters is 1. The van der Waals surface area contributed by atoms with Crippen LogP contribution in [0.5, 0.6) is 0 Å². The minimum Gasteiger partial charge on any atom is -0.469 e. The Hall–Kier alpha value is -1.16. The van der Waals surface area contributed by atoms with E-state index in [4.69, 9.17) is 9.47 Å². The van der Waals surface area contributed by atoms with E-state index < -0.39 is 0 Å². The van der Waals surface area contributed by atoms with Crippen molar-refractivity contribution in [3.63, 3.8) is 0 Å². The first kappa shape index (κ1) is 19.8. The lowest BCUT2D eigenvalue weighted by atomic mass is 9.46. The predicted molar refractivity (Wildman–Crippen MR) is 110 cm³/mol. The summed E-state index contributed by atoms with van der Waals surface area (Å²) in [6, 6.07) is 0. The van der Waals surface area contributed by atoms with Crippen LogP contribution >= 0.6 is 0 Å². The molecule has 160 valence electrons. The summed E-state index contributed by atoms with van der Waals surface area (Å²) in [5.74, 6) is 3.34. The Labute approximate surface area is 174 Å². The highest BCUT2D eigenvalue weighted by Gasteiger charge is 2.65. The molecule has 0 amide bonds. The molecule has 0 aromatic heterocycles. The first-order chi connectivity index (χ1) is 13.8. The number of allylic oxidation sites excluding steroid dienone is 1. The highest BCUT2D eigenvalue weighted by atomic mass is 16.5. The van der Waals surface area contributed by atoms with E-state index in [9.17, 15) is 9.59 Å². The lowest BCUT2D eigenvalue weighted by Crippen LogP contribution is -2.51. The number of methoxy groups -OCH3 is 1. The molecule has 0 aromatic carbocycles. The third kappa shape index (κ3) is 2.73. The Morgan fingerprint density at radius 3 is 2.76 bits per heavy atom. The second-order valence-electron chi connectivity index (χ2n) is 11.1. The van der Waals surface area contributed by atoms with Crippen LogP contribution in [0, 0.1) is 40.4 Å². The molecule has 0 radical (unpaired) electrons. The maximum atomic E-state index is 12.0. The Bertz CT molecular complexity index is 756. The molecule has 4 nitrogen and oxygen atoms in total. The normalized spacial score (nSPS) is 50.8. The molecule has 5 aliphatic rings. The zero-order valence-electron chi connectivity index (χ0n) is 18.4. The van der Waals surface area contributed by atoms with Crippen LogP contribution in [0.3, 0.4) is 0 Å². The minimum absolute atomic E-state index is 0.00992. The van der Waals surface area contributed by atoms with Gasteiger partial charge in [-0.25, -0.2) is 0 Å². The molecule has 4 fully saturated rings. The summed E-state index contributed by atoms with van der Waals surface area (Å²) in [7, 11) is 1.46. The first-order valence-corrected chi connectivity index (χ1v) is 11.7. The minimum atomic E-state index is -0.154. The number of fused-ring (bicyclic) bond motifs is 7. The Kier molecular flexibility index (Phi) is 4.55. The standard InChI is InChI=1S/C25H36O4/c1-14-20(13-22(27)28-4)29-21-12-19-17-6-5-15-11-16(26)7-9-24(15,2)18(17)8-10-25(19,3)23(14)21/h11,14,17-21,23H,5-10,12-13H2,1-4H3/t14-,17-,18+,19+,20-,21+,23+,24+,25+/m1/s1. The first-order valence-electron chi connectivity index (χ1n) is 11.7. The van der Waals surface area contributed by atoms with Gasteiger partial charge in [-0.15, -0.1) is 0 Å². The molecule has 4 aliphatic carbocycles. The van der Waals surface area contributed by atoms with Crippen molar-refractivity contribution in [3.05, 3.63) is 11.6 Å². The largest absolute Gasteiger partial charge is 0.469 e. The molecule has 1 aliphatic heterocycles. The van der Waals surface area contributed by atoms with Crippen molar-refractivity contribution >= 4 is 11.8 Å². The number of carbonyl (C=O) groups is 2. The van der Waals surface area contributed by atoms with Gasteiger partial charge in [0, 0.05) is 6.42 Å². The molecular formula is C25H36O4. The number of ether oxygens (including phenoxy) is 2. The monoisotopic (exact) mass is 400 g/mol. The van der Waals surface area contributed by atoms with Crippen molar-refractivity contribution in [2.24, 2.45) is 40.4 Å². The van der Waals surface area contributed by atoms with Crippen LogP contribution in [0.25, 0.3) is 0 Å². The molecule has 4 heteroatoms. The number of hydrogen-bond donors (Lipinski definition) is 0. The quantitative estimate of drug-likeness (QED) is 0.630. The van der Waals surface area contributed by atoms with Gasteiger partial charge in [0.25, 0.3) is 0 Å². The van der Waals surface area contributed by atoms with Crippen molar-refractivity contribution in [1.82, 2.24) is 0 Å². The van der Waals surface area contributed by atoms with E-state index in [1.165, 1.54) is 31.9 Å². The van der Waals surface area contributed by atoms with Gasteiger partial charge in [0.1, 0.15) is 0 Å². The Morgan fingerprint density at radius 1 is 1.21 bits per heavy atom. The van der Waals surface area contributed by atoms with Gasteiger partial charge in [-0.05, 0) is 85.0 Å². The van der Waals surface area contributed by atoms with E-state index in [2.05, 4.69) is 20.8 Å². The fourth-order valence-electron chi connectivity index (χ4n) is 8.73. The van der Waals surface area contributed by atoms with Crippen LogP contribution in [0.4, 0.5) is 0 Å². The van der Waals surface area contributed by atoms with E-state index in [0.29, 0.717) is 47.4 Å². The summed E-state index contributed by atoms with van der Waals surface area (Å²) in [6.07, 6.45) is 10.5. The maximum absolute atomic E-state index is 12.0. The fourth-order valence-corrected chi connectivity index (χ4v) is 8.73. The molecule has 0 spiro atoms. The summed E-state index contributed by atoms with van der Waals surface area (Å²) in [5, 5.41) is 0. The number of hydrogen-bond acceptors (Lipinski definition) is 4. The molecular weight excluding hydrogens is 364 g/mol. The number of carbonyl (C=O) groups excluding carboxylic acids is 2. The predicted octanol–water partition coefficient (Wildman–Crippen LogP) is 4.71. The maximum Gasteiger partial charge on any atom is 0.308 e. The zero-order chi connectivity index (χ0) is 20.6. The summed E-state index contributed by atoms with van der Waals surface area (Å²) in [6.45, 7) is 7.27. The van der Waals surface area contributed by atoms with Crippen molar-refractivity contribution in [2.75, 3.05) is 7.11 Å². The van der Waals surface area contributed by atoms with E-state index in [0.717, 1.165) is 31.6 Å². The van der Waals surface area contributed by atoms with Gasteiger partial charge in [-0.1, -0.05) is 26.3 Å². The third-order valence-corrected chi connectivity index (χ3v) is 10.1. The van der Waals surface area contributed by atoms with Crippen molar-refractivity contribution in [2.45, 2.75) is 84.3 Å². The lowest BCUT2D eigenvalue weighted by Gasteiger charge is -2.58. The van der Waals surface area contributed by atoms with E-state index in [-0.39, 0.29) is 17.5 Å². The summed E-state index contributed by atoms with van der Waals surface area (Å²) in [5.41, 5.74) is 1.99. The SMILES string of the molecule is COC(=O)C[C@H]1O[C@H]2C[C@H]3[C@@H]4CCC5=CC(=O)CC[C@]5(C)[C@H]4CC[C@]3(C)[C@H]2[C@@H]1C. The second-order valence-corrected chi connectivity index (χ2v) is 11.1. The van der Waals surface area contributed by atoms with Gasteiger partial charge in [0.2, 0.25) is 0 Å². The molecule has 5 rings (SSSR count). The van der Waals surface area contributed by atoms with E-state index in [1.807, 2.05) is 6.08 Å². The Balaban J connectivity index is 1.39. The van der Waals surface area contributed by atoms with E-state index >= 15 is 0 Å². The number of rotatable bonds is 2. The van der Waals surface area contributed by atoms with Gasteiger partial charge < -0.3 is 9.47 Å². The Morgan fingerprint density at radius 2 is 2.00 bits per heavy atom. The van der Waals surface area contributed by atoms with Crippen LogP contribution < -0.4 is 0 Å².